The first-order valence-electron chi connectivity index (χ1n) is 10.3. The quantitative estimate of drug-likeness (QED) is 0.252. The van der Waals surface area contributed by atoms with Crippen molar-refractivity contribution in [2.45, 2.75) is 13.8 Å². The number of anilines is 1. The number of aryl methyl sites for hydroxylation is 1. The van der Waals surface area contributed by atoms with Gasteiger partial charge in [-0.15, -0.1) is 0 Å². The van der Waals surface area contributed by atoms with E-state index in [1.807, 2.05) is 0 Å². The number of benzene rings is 2. The number of amides is 3. The normalized spacial score (nSPS) is 14.6. The number of carbonyl (C=O) groups is 3. The Labute approximate surface area is 208 Å². The predicted octanol–water partition coefficient (Wildman–Crippen LogP) is 5.80. The van der Waals surface area contributed by atoms with Crippen molar-refractivity contribution in [2.24, 2.45) is 0 Å². The number of furan rings is 1. The molecule has 0 bridgehead atoms. The van der Waals surface area contributed by atoms with Crippen LogP contribution >= 0.6 is 23.4 Å². The number of nitro benzene ring substituents is 1. The van der Waals surface area contributed by atoms with E-state index in [4.69, 9.17) is 16.0 Å². The van der Waals surface area contributed by atoms with Crippen LogP contribution in [0.25, 0.3) is 17.4 Å². The number of halogens is 1. The van der Waals surface area contributed by atoms with Crippen molar-refractivity contribution in [3.63, 3.8) is 0 Å². The molecule has 1 aliphatic rings. The predicted molar refractivity (Wildman–Crippen MR) is 133 cm³/mol. The van der Waals surface area contributed by atoms with E-state index in [-0.39, 0.29) is 16.4 Å². The van der Waals surface area contributed by atoms with Crippen LogP contribution in [0.2, 0.25) is 5.02 Å². The number of imide groups is 1. The molecule has 3 amide bonds. The number of hydrogen-bond donors (Lipinski definition) is 1. The Morgan fingerprint density at radius 2 is 1.89 bits per heavy atom. The van der Waals surface area contributed by atoms with Gasteiger partial charge in [-0.05, 0) is 73.6 Å². The Morgan fingerprint density at radius 3 is 2.57 bits per heavy atom. The minimum absolute atomic E-state index is 0.0176. The van der Waals surface area contributed by atoms with E-state index in [1.54, 1.807) is 56.3 Å². The Morgan fingerprint density at radius 1 is 1.17 bits per heavy atom. The average Bonchev–Trinajstić information content (AvgIpc) is 3.37. The Kier molecular flexibility index (Phi) is 6.77. The molecule has 11 heteroatoms. The van der Waals surface area contributed by atoms with Crippen molar-refractivity contribution >= 4 is 57.9 Å². The minimum Gasteiger partial charge on any atom is -0.457 e. The highest BCUT2D eigenvalue weighted by molar-refractivity contribution is 8.18. The number of thioether (sulfide) groups is 1. The largest absolute Gasteiger partial charge is 0.457 e. The second kappa shape index (κ2) is 9.77. The van der Waals surface area contributed by atoms with Gasteiger partial charge >= 0.3 is 0 Å². The average molecular weight is 512 g/mol. The van der Waals surface area contributed by atoms with E-state index in [1.165, 1.54) is 12.1 Å². The number of nitro groups is 1. The molecule has 2 heterocycles. The molecule has 4 rings (SSSR count). The van der Waals surface area contributed by atoms with E-state index in [2.05, 4.69) is 5.32 Å². The molecule has 0 saturated carbocycles. The molecular weight excluding hydrogens is 494 g/mol. The van der Waals surface area contributed by atoms with Crippen LogP contribution in [-0.2, 0) is 9.59 Å². The topological polar surface area (TPSA) is 123 Å². The van der Waals surface area contributed by atoms with E-state index in [9.17, 15) is 24.5 Å². The Bertz CT molecular complexity index is 1400. The van der Waals surface area contributed by atoms with Gasteiger partial charge in [0.25, 0.3) is 16.8 Å². The molecule has 1 aliphatic heterocycles. The van der Waals surface area contributed by atoms with Gasteiger partial charge in [0, 0.05) is 34.0 Å². The summed E-state index contributed by atoms with van der Waals surface area (Å²) in [4.78, 5) is 49.2. The summed E-state index contributed by atoms with van der Waals surface area (Å²) in [6.45, 7) is 3.01. The highest BCUT2D eigenvalue weighted by Crippen LogP contribution is 2.34. The third kappa shape index (κ3) is 5.28. The molecular formula is C24H18ClN3O6S. The van der Waals surface area contributed by atoms with Crippen molar-refractivity contribution < 1.29 is 23.7 Å². The van der Waals surface area contributed by atoms with E-state index < -0.39 is 28.5 Å². The van der Waals surface area contributed by atoms with Crippen molar-refractivity contribution in [3.05, 3.63) is 85.5 Å². The van der Waals surface area contributed by atoms with Gasteiger partial charge in [0.1, 0.15) is 18.1 Å². The number of carbonyl (C=O) groups excluding carboxylic acids is 3. The number of hydrogen-bond acceptors (Lipinski definition) is 7. The molecule has 178 valence electrons. The molecule has 0 spiro atoms. The van der Waals surface area contributed by atoms with Gasteiger partial charge in [0.05, 0.1) is 9.83 Å². The molecule has 9 nitrogen and oxygen atoms in total. The van der Waals surface area contributed by atoms with Gasteiger partial charge < -0.3 is 9.73 Å². The lowest BCUT2D eigenvalue weighted by molar-refractivity contribution is -0.385. The van der Waals surface area contributed by atoms with Crippen molar-refractivity contribution in [2.75, 3.05) is 11.9 Å². The SMILES string of the molecule is Cc1cc(-c2ccc(/C=C3/SC(=O)N(CC(=O)Nc4ccc(Cl)cc4)C3=O)o2)cc([N+](=O)[O-])c1C. The summed E-state index contributed by atoms with van der Waals surface area (Å²) in [7, 11) is 0. The third-order valence-corrected chi connectivity index (χ3v) is 6.48. The lowest BCUT2D eigenvalue weighted by Gasteiger charge is -2.12. The van der Waals surface area contributed by atoms with Crippen LogP contribution < -0.4 is 5.32 Å². The first-order chi connectivity index (χ1) is 16.6. The summed E-state index contributed by atoms with van der Waals surface area (Å²) < 4.78 is 5.77. The molecule has 2 aromatic carbocycles. The molecule has 3 aromatic rings. The van der Waals surface area contributed by atoms with Gasteiger partial charge in [0.15, 0.2) is 0 Å². The Balaban J connectivity index is 1.49. The third-order valence-electron chi connectivity index (χ3n) is 5.32. The smallest absolute Gasteiger partial charge is 0.294 e. The summed E-state index contributed by atoms with van der Waals surface area (Å²) in [6, 6.07) is 12.8. The first-order valence-corrected chi connectivity index (χ1v) is 11.5. The number of nitrogens with one attached hydrogen (secondary N) is 1. The van der Waals surface area contributed by atoms with E-state index in [0.717, 1.165) is 10.5 Å². The van der Waals surface area contributed by atoms with E-state index >= 15 is 0 Å². The van der Waals surface area contributed by atoms with Crippen LogP contribution in [0.4, 0.5) is 16.2 Å². The summed E-state index contributed by atoms with van der Waals surface area (Å²) in [5, 5.41) is 13.9. The molecule has 0 atom stereocenters. The summed E-state index contributed by atoms with van der Waals surface area (Å²) in [6.07, 6.45) is 1.40. The number of rotatable bonds is 6. The van der Waals surface area contributed by atoms with E-state index in [0.29, 0.717) is 39.4 Å². The summed E-state index contributed by atoms with van der Waals surface area (Å²) in [5.41, 5.74) is 2.29. The second-order valence-electron chi connectivity index (χ2n) is 7.72. The van der Waals surface area contributed by atoms with Crippen molar-refractivity contribution in [3.8, 4) is 11.3 Å². The van der Waals surface area contributed by atoms with Crippen LogP contribution in [0, 0.1) is 24.0 Å². The molecule has 1 aromatic heterocycles. The molecule has 35 heavy (non-hydrogen) atoms. The first kappa shape index (κ1) is 24.2. The molecule has 1 saturated heterocycles. The van der Waals surface area contributed by atoms with Crippen LogP contribution in [-0.4, -0.2) is 33.4 Å². The molecule has 1 fully saturated rings. The molecule has 0 aliphatic carbocycles. The second-order valence-corrected chi connectivity index (χ2v) is 9.15. The highest BCUT2D eigenvalue weighted by Gasteiger charge is 2.36. The van der Waals surface area contributed by atoms with Crippen LogP contribution in [0.5, 0.6) is 0 Å². The molecule has 1 N–H and O–H groups in total. The lowest BCUT2D eigenvalue weighted by Crippen LogP contribution is -2.36. The van der Waals surface area contributed by atoms with Gasteiger partial charge in [0.2, 0.25) is 5.91 Å². The lowest BCUT2D eigenvalue weighted by atomic mass is 10.0. The zero-order chi connectivity index (χ0) is 25.3. The van der Waals surface area contributed by atoms with Gasteiger partial charge in [-0.1, -0.05) is 11.6 Å². The monoisotopic (exact) mass is 511 g/mol. The zero-order valence-electron chi connectivity index (χ0n) is 18.5. The summed E-state index contributed by atoms with van der Waals surface area (Å²) >= 11 is 6.52. The molecule has 0 radical (unpaired) electrons. The van der Waals surface area contributed by atoms with Gasteiger partial charge in [-0.25, -0.2) is 0 Å². The standard InChI is InChI=1S/C24H18ClN3O6S/c1-13-9-15(10-19(14(13)2)28(32)33)20-8-7-18(34-20)11-21-23(30)27(24(31)35-21)12-22(29)26-17-5-3-16(25)4-6-17/h3-11H,12H2,1-2H3,(H,26,29)/b21-11+. The maximum atomic E-state index is 12.7. The number of nitrogens with zero attached hydrogens (tertiary/aromatic N) is 2. The maximum absolute atomic E-state index is 12.7. The van der Waals surface area contributed by atoms with Crippen LogP contribution in [0.1, 0.15) is 16.9 Å². The molecule has 0 unspecified atom stereocenters. The fourth-order valence-electron chi connectivity index (χ4n) is 3.40. The fraction of sp³-hybridized carbons (Fsp3) is 0.125. The minimum atomic E-state index is -0.619. The van der Waals surface area contributed by atoms with Crippen LogP contribution in [0.3, 0.4) is 0 Å². The Hall–Kier alpha value is -3.89. The van der Waals surface area contributed by atoms with Crippen LogP contribution in [0.15, 0.2) is 57.9 Å². The maximum Gasteiger partial charge on any atom is 0.294 e. The van der Waals surface area contributed by atoms with Gasteiger partial charge in [-0.3, -0.25) is 29.4 Å². The zero-order valence-corrected chi connectivity index (χ0v) is 20.1. The summed E-state index contributed by atoms with van der Waals surface area (Å²) in [5.74, 6) is -0.487. The van der Waals surface area contributed by atoms with Crippen molar-refractivity contribution in [1.82, 2.24) is 4.90 Å². The fourth-order valence-corrected chi connectivity index (χ4v) is 4.35. The van der Waals surface area contributed by atoms with Gasteiger partial charge in [-0.2, -0.15) is 0 Å². The highest BCUT2D eigenvalue weighted by atomic mass is 35.5. The van der Waals surface area contributed by atoms with Crippen molar-refractivity contribution in [1.29, 1.82) is 0 Å².